The second kappa shape index (κ2) is 14.1. The second-order valence-corrected chi connectivity index (χ2v) is 8.62. The van der Waals surface area contributed by atoms with Crippen molar-refractivity contribution in [1.82, 2.24) is 27.5 Å². The van der Waals surface area contributed by atoms with Crippen molar-refractivity contribution in [2.24, 2.45) is 5.92 Å². The molecule has 10 nitrogen and oxygen atoms in total. The van der Waals surface area contributed by atoms with Gasteiger partial charge in [0.2, 0.25) is 11.8 Å². The smallest absolute Gasteiger partial charge is 0.223 e. The van der Waals surface area contributed by atoms with Gasteiger partial charge in [-0.15, -0.1) is 0 Å². The van der Waals surface area contributed by atoms with E-state index in [0.29, 0.717) is 24.2 Å². The molecule has 0 atom stereocenters. The third kappa shape index (κ3) is 8.78. The molecule has 0 unspecified atom stereocenters. The fourth-order valence-electron chi connectivity index (χ4n) is 4.06. The molecule has 0 spiro atoms. The molecule has 10 heteroatoms. The summed E-state index contributed by atoms with van der Waals surface area (Å²) in [6.07, 6.45) is 6.30. The Kier molecular flexibility index (Phi) is 12.3. The molecule has 10 N–H and O–H groups in total. The summed E-state index contributed by atoms with van der Waals surface area (Å²) < 4.78 is 11.2. The number of hydrogen-bond donors (Lipinski definition) is 5. The molecule has 0 radical (unpaired) electrons. The van der Waals surface area contributed by atoms with Crippen molar-refractivity contribution in [2.75, 3.05) is 50.5 Å². The van der Waals surface area contributed by atoms with Gasteiger partial charge in [-0.2, -0.15) is 0 Å². The molecule has 0 aromatic carbocycles. The number of amides is 1. The molecular formula is C22H43N7O3. The fourth-order valence-corrected chi connectivity index (χ4v) is 4.06. The second-order valence-electron chi connectivity index (χ2n) is 8.62. The first-order chi connectivity index (χ1) is 14.5. The van der Waals surface area contributed by atoms with E-state index in [9.17, 15) is 4.79 Å². The normalized spacial score (nSPS) is 21.2. The lowest BCUT2D eigenvalue weighted by molar-refractivity contribution is -0.126. The first-order valence-corrected chi connectivity index (χ1v) is 11.3. The molecule has 184 valence electrons. The standard InChI is InChI=1S/C22H37N5O3.2H3N/c1-16(2)25-22(28)17-4-6-18(7-5-17)26-20-14-21(24-15-19(20)23)30-11-3-8-27-9-12-29-13-10-27;;/h14-18H,3-13,23H2,1-2H3,(H,24,26)(H,25,28);2*1H3/t17-,18+;;. The van der Waals surface area contributed by atoms with E-state index < -0.39 is 0 Å². The summed E-state index contributed by atoms with van der Waals surface area (Å²) in [5.74, 6) is 0.893. The number of aromatic nitrogens is 1. The molecule has 1 amide bonds. The summed E-state index contributed by atoms with van der Waals surface area (Å²) in [6.45, 7) is 9.27. The summed E-state index contributed by atoms with van der Waals surface area (Å²) in [7, 11) is 0. The largest absolute Gasteiger partial charge is 0.478 e. The Balaban J connectivity index is 0.00000256. The first kappa shape index (κ1) is 27.9. The molecule has 1 aliphatic heterocycles. The number of rotatable bonds is 9. The Hall–Kier alpha value is -2.14. The van der Waals surface area contributed by atoms with Gasteiger partial charge in [0.15, 0.2) is 0 Å². The van der Waals surface area contributed by atoms with E-state index in [1.54, 1.807) is 6.20 Å². The highest BCUT2D eigenvalue weighted by atomic mass is 16.5. The number of pyridine rings is 1. The van der Waals surface area contributed by atoms with E-state index in [4.69, 9.17) is 15.2 Å². The van der Waals surface area contributed by atoms with Crippen LogP contribution in [0.4, 0.5) is 11.4 Å². The zero-order valence-corrected chi connectivity index (χ0v) is 19.8. The van der Waals surface area contributed by atoms with Crippen LogP contribution in [0.25, 0.3) is 0 Å². The molecule has 1 aromatic heterocycles. The Labute approximate surface area is 192 Å². The lowest BCUT2D eigenvalue weighted by Gasteiger charge is -2.30. The Morgan fingerprint density at radius 2 is 1.94 bits per heavy atom. The summed E-state index contributed by atoms with van der Waals surface area (Å²) in [4.78, 5) is 18.9. The van der Waals surface area contributed by atoms with Gasteiger partial charge in [-0.25, -0.2) is 4.98 Å². The van der Waals surface area contributed by atoms with Crippen LogP contribution in [0.5, 0.6) is 5.88 Å². The average molecular weight is 454 g/mol. The maximum atomic E-state index is 12.2. The van der Waals surface area contributed by atoms with Crippen LogP contribution in [0.2, 0.25) is 0 Å². The quantitative estimate of drug-likeness (QED) is 0.352. The van der Waals surface area contributed by atoms with Crippen LogP contribution in [-0.4, -0.2) is 67.3 Å². The van der Waals surface area contributed by atoms with Gasteiger partial charge >= 0.3 is 0 Å². The summed E-state index contributed by atoms with van der Waals surface area (Å²) in [5, 5.41) is 6.56. The van der Waals surface area contributed by atoms with Gasteiger partial charge in [-0.05, 0) is 46.0 Å². The van der Waals surface area contributed by atoms with Crippen molar-refractivity contribution in [3.05, 3.63) is 12.3 Å². The van der Waals surface area contributed by atoms with E-state index >= 15 is 0 Å². The molecule has 3 rings (SSSR count). The number of nitrogen functional groups attached to an aromatic ring is 1. The van der Waals surface area contributed by atoms with Crippen molar-refractivity contribution in [3.8, 4) is 5.88 Å². The lowest BCUT2D eigenvalue weighted by Crippen LogP contribution is -2.38. The van der Waals surface area contributed by atoms with E-state index in [-0.39, 0.29) is 30.2 Å². The summed E-state index contributed by atoms with van der Waals surface area (Å²) in [6, 6.07) is 2.39. The van der Waals surface area contributed by atoms with E-state index in [0.717, 1.165) is 70.6 Å². The number of ether oxygens (including phenoxy) is 2. The molecule has 1 aliphatic carbocycles. The highest BCUT2D eigenvalue weighted by Gasteiger charge is 2.26. The zero-order chi connectivity index (χ0) is 21.3. The van der Waals surface area contributed by atoms with E-state index in [1.165, 1.54) is 0 Å². The predicted molar refractivity (Wildman–Crippen MR) is 129 cm³/mol. The minimum absolute atomic E-state index is 0. The minimum Gasteiger partial charge on any atom is -0.478 e. The van der Waals surface area contributed by atoms with Gasteiger partial charge in [0.05, 0.1) is 37.4 Å². The van der Waals surface area contributed by atoms with Gasteiger partial charge in [-0.1, -0.05) is 0 Å². The number of nitrogens with two attached hydrogens (primary N) is 1. The molecule has 1 aromatic rings. The van der Waals surface area contributed by atoms with Crippen molar-refractivity contribution >= 4 is 17.3 Å². The highest BCUT2D eigenvalue weighted by Crippen LogP contribution is 2.30. The highest BCUT2D eigenvalue weighted by molar-refractivity contribution is 5.79. The number of nitrogens with zero attached hydrogens (tertiary/aromatic N) is 2. The van der Waals surface area contributed by atoms with Crippen molar-refractivity contribution < 1.29 is 14.3 Å². The van der Waals surface area contributed by atoms with Crippen molar-refractivity contribution in [3.63, 3.8) is 0 Å². The number of nitrogens with one attached hydrogen (secondary N) is 2. The first-order valence-electron chi connectivity index (χ1n) is 11.3. The number of anilines is 2. The topological polar surface area (TPSA) is 172 Å². The Bertz CT molecular complexity index is 675. The van der Waals surface area contributed by atoms with Gasteiger partial charge in [0, 0.05) is 43.7 Å². The third-order valence-corrected chi connectivity index (χ3v) is 5.77. The van der Waals surface area contributed by atoms with Crippen molar-refractivity contribution in [2.45, 2.75) is 58.0 Å². The molecule has 2 fully saturated rings. The average Bonchev–Trinajstić information content (AvgIpc) is 2.74. The molecule has 2 heterocycles. The van der Waals surface area contributed by atoms with E-state index in [2.05, 4.69) is 20.5 Å². The van der Waals surface area contributed by atoms with Crippen LogP contribution in [0.15, 0.2) is 12.3 Å². The van der Waals surface area contributed by atoms with Crippen LogP contribution in [-0.2, 0) is 9.53 Å². The molecule has 0 bridgehead atoms. The van der Waals surface area contributed by atoms with Crippen molar-refractivity contribution in [1.29, 1.82) is 0 Å². The maximum Gasteiger partial charge on any atom is 0.223 e. The number of carbonyl (C=O) groups is 1. The molecular weight excluding hydrogens is 410 g/mol. The predicted octanol–water partition coefficient (Wildman–Crippen LogP) is 2.58. The number of morpholine rings is 1. The maximum absolute atomic E-state index is 12.2. The van der Waals surface area contributed by atoms with Gasteiger partial charge in [0.1, 0.15) is 0 Å². The minimum atomic E-state index is 0. The Morgan fingerprint density at radius 3 is 2.59 bits per heavy atom. The monoisotopic (exact) mass is 453 g/mol. The molecule has 2 aliphatic rings. The van der Waals surface area contributed by atoms with Gasteiger partial charge < -0.3 is 38.1 Å². The number of carbonyl (C=O) groups excluding carboxylic acids is 1. The van der Waals surface area contributed by atoms with E-state index in [1.807, 2.05) is 19.9 Å². The third-order valence-electron chi connectivity index (χ3n) is 5.77. The van der Waals surface area contributed by atoms with Gasteiger partial charge in [-0.3, -0.25) is 9.69 Å². The molecule has 32 heavy (non-hydrogen) atoms. The fraction of sp³-hybridized carbons (Fsp3) is 0.727. The van der Waals surface area contributed by atoms with Crippen LogP contribution < -0.4 is 33.4 Å². The van der Waals surface area contributed by atoms with Crippen LogP contribution in [0.3, 0.4) is 0 Å². The zero-order valence-electron chi connectivity index (χ0n) is 19.8. The lowest BCUT2D eigenvalue weighted by atomic mass is 9.85. The van der Waals surface area contributed by atoms with Gasteiger partial charge in [0.25, 0.3) is 0 Å². The Morgan fingerprint density at radius 1 is 1.25 bits per heavy atom. The summed E-state index contributed by atoms with van der Waals surface area (Å²) >= 11 is 0. The van der Waals surface area contributed by atoms with Crippen LogP contribution >= 0.6 is 0 Å². The molecule has 1 saturated carbocycles. The van der Waals surface area contributed by atoms with Crippen LogP contribution in [0, 0.1) is 5.92 Å². The van der Waals surface area contributed by atoms with Crippen LogP contribution in [0.1, 0.15) is 46.0 Å². The number of hydrogen-bond acceptors (Lipinski definition) is 9. The summed E-state index contributed by atoms with van der Waals surface area (Å²) in [5.41, 5.74) is 7.61. The molecule has 1 saturated heterocycles. The SMILES string of the molecule is CC(C)NC(=O)[C@H]1CC[C@@H](Nc2cc(OCCCN3CCOCC3)ncc2N)CC1.N.N.